The maximum atomic E-state index is 11.3. The summed E-state index contributed by atoms with van der Waals surface area (Å²) in [5, 5.41) is 12.1. The van der Waals surface area contributed by atoms with Gasteiger partial charge in [-0.15, -0.1) is 0 Å². The summed E-state index contributed by atoms with van der Waals surface area (Å²) in [6.07, 6.45) is 0. The fourth-order valence-corrected chi connectivity index (χ4v) is 1.53. The Balaban J connectivity index is 2.61. The van der Waals surface area contributed by atoms with Crippen molar-refractivity contribution in [3.05, 3.63) is 24.3 Å². The summed E-state index contributed by atoms with van der Waals surface area (Å²) in [5.74, 6) is 0.0882. The highest BCUT2D eigenvalue weighted by Crippen LogP contribution is 2.23. The first-order chi connectivity index (χ1) is 6.59. The monoisotopic (exact) mass is 211 g/mol. The fourth-order valence-electron chi connectivity index (χ4n) is 0.933. The van der Waals surface area contributed by atoms with Gasteiger partial charge in [-0.3, -0.25) is 4.79 Å². The molecule has 0 radical (unpaired) electrons. The van der Waals surface area contributed by atoms with Crippen molar-refractivity contribution in [1.82, 2.24) is 0 Å². The lowest BCUT2D eigenvalue weighted by atomic mass is 10.3. The number of benzene rings is 1. The van der Waals surface area contributed by atoms with Crippen LogP contribution in [0.25, 0.3) is 0 Å². The zero-order valence-corrected chi connectivity index (χ0v) is 8.97. The van der Waals surface area contributed by atoms with E-state index in [0.29, 0.717) is 5.69 Å². The normalized spacial score (nSPS) is 10.2. The first kappa shape index (κ1) is 10.9. The molecule has 4 heteroatoms. The van der Waals surface area contributed by atoms with Crippen LogP contribution in [0.2, 0.25) is 0 Å². The van der Waals surface area contributed by atoms with Crippen LogP contribution in [0.4, 0.5) is 10.5 Å². The smallest absolute Gasteiger partial charge is 0.283 e. The third-order valence-corrected chi connectivity index (χ3v) is 2.27. The lowest BCUT2D eigenvalue weighted by Crippen LogP contribution is -2.07. The molecule has 3 nitrogen and oxygen atoms in total. The Morgan fingerprint density at radius 1 is 1.43 bits per heavy atom. The second-order valence-electron chi connectivity index (χ2n) is 3.10. The standard InChI is InChI=1S/C10H13NO2S/c1-7(2)14-10(13)11-8-5-3-4-6-9(8)12/h3-7,12H,1-2H3,(H,11,13). The van der Waals surface area contributed by atoms with Crippen LogP contribution in [0.5, 0.6) is 5.75 Å². The largest absolute Gasteiger partial charge is 0.506 e. The fraction of sp³-hybridized carbons (Fsp3) is 0.300. The Morgan fingerprint density at radius 2 is 2.07 bits per heavy atom. The number of thioether (sulfide) groups is 1. The highest BCUT2D eigenvalue weighted by molar-refractivity contribution is 8.14. The Bertz CT molecular complexity index is 326. The summed E-state index contributed by atoms with van der Waals surface area (Å²) in [7, 11) is 0. The minimum Gasteiger partial charge on any atom is -0.506 e. The van der Waals surface area contributed by atoms with Crippen LogP contribution in [0, 0.1) is 0 Å². The Kier molecular flexibility index (Phi) is 3.83. The Morgan fingerprint density at radius 3 is 2.64 bits per heavy atom. The molecular formula is C10H13NO2S. The molecule has 0 unspecified atom stereocenters. The number of para-hydroxylation sites is 2. The molecule has 0 aliphatic heterocycles. The van der Waals surface area contributed by atoms with Gasteiger partial charge in [-0.1, -0.05) is 37.7 Å². The van der Waals surface area contributed by atoms with E-state index in [1.54, 1.807) is 18.2 Å². The molecule has 0 saturated carbocycles. The van der Waals surface area contributed by atoms with Crippen molar-refractivity contribution < 1.29 is 9.90 Å². The molecule has 0 aliphatic carbocycles. The number of phenolic OH excluding ortho intramolecular Hbond substituents is 1. The predicted octanol–water partition coefficient (Wildman–Crippen LogP) is 3.07. The number of carbonyl (C=O) groups is 1. The maximum Gasteiger partial charge on any atom is 0.283 e. The van der Waals surface area contributed by atoms with Gasteiger partial charge in [0.25, 0.3) is 5.24 Å². The number of aromatic hydroxyl groups is 1. The number of hydrogen-bond donors (Lipinski definition) is 2. The third-order valence-electron chi connectivity index (χ3n) is 1.48. The second kappa shape index (κ2) is 4.91. The highest BCUT2D eigenvalue weighted by Gasteiger charge is 2.07. The summed E-state index contributed by atoms with van der Waals surface area (Å²) >= 11 is 1.20. The highest BCUT2D eigenvalue weighted by atomic mass is 32.2. The van der Waals surface area contributed by atoms with E-state index in [1.807, 2.05) is 13.8 Å². The molecule has 1 aromatic rings. The van der Waals surface area contributed by atoms with Crippen molar-refractivity contribution in [2.45, 2.75) is 19.1 Å². The van der Waals surface area contributed by atoms with Crippen LogP contribution in [0.1, 0.15) is 13.8 Å². The number of phenols is 1. The van der Waals surface area contributed by atoms with Crippen molar-refractivity contribution >= 4 is 22.7 Å². The molecule has 0 bridgehead atoms. The number of carbonyl (C=O) groups excluding carboxylic acids is 1. The number of amides is 1. The van der Waals surface area contributed by atoms with E-state index in [1.165, 1.54) is 17.8 Å². The second-order valence-corrected chi connectivity index (χ2v) is 4.65. The Hall–Kier alpha value is -1.16. The van der Waals surface area contributed by atoms with Gasteiger partial charge in [0, 0.05) is 5.25 Å². The van der Waals surface area contributed by atoms with Crippen LogP contribution >= 0.6 is 11.8 Å². The van der Waals surface area contributed by atoms with Crippen LogP contribution in [0.3, 0.4) is 0 Å². The molecule has 14 heavy (non-hydrogen) atoms. The van der Waals surface area contributed by atoms with Gasteiger partial charge in [-0.05, 0) is 12.1 Å². The third kappa shape index (κ3) is 3.30. The zero-order chi connectivity index (χ0) is 10.6. The van der Waals surface area contributed by atoms with Gasteiger partial charge in [-0.25, -0.2) is 0 Å². The van der Waals surface area contributed by atoms with E-state index >= 15 is 0 Å². The van der Waals surface area contributed by atoms with Gasteiger partial charge < -0.3 is 10.4 Å². The number of nitrogens with one attached hydrogen (secondary N) is 1. The molecule has 0 heterocycles. The summed E-state index contributed by atoms with van der Waals surface area (Å²) in [4.78, 5) is 11.3. The van der Waals surface area contributed by atoms with Crippen molar-refractivity contribution in [3.63, 3.8) is 0 Å². The quantitative estimate of drug-likeness (QED) is 0.739. The summed E-state index contributed by atoms with van der Waals surface area (Å²) in [6.45, 7) is 3.88. The molecule has 0 fully saturated rings. The van der Waals surface area contributed by atoms with Crippen molar-refractivity contribution in [1.29, 1.82) is 0 Å². The summed E-state index contributed by atoms with van der Waals surface area (Å²) in [6, 6.07) is 6.67. The topological polar surface area (TPSA) is 49.3 Å². The minimum atomic E-state index is -0.151. The Labute approximate surface area is 87.5 Å². The number of anilines is 1. The van der Waals surface area contributed by atoms with Crippen molar-refractivity contribution in [3.8, 4) is 5.75 Å². The van der Waals surface area contributed by atoms with E-state index < -0.39 is 0 Å². The molecule has 0 aromatic heterocycles. The average molecular weight is 211 g/mol. The number of hydrogen-bond acceptors (Lipinski definition) is 3. The molecule has 0 atom stereocenters. The van der Waals surface area contributed by atoms with Crippen LogP contribution in [-0.4, -0.2) is 15.6 Å². The van der Waals surface area contributed by atoms with E-state index in [2.05, 4.69) is 5.32 Å². The molecule has 0 aliphatic rings. The van der Waals surface area contributed by atoms with E-state index in [-0.39, 0.29) is 16.2 Å². The first-order valence-corrected chi connectivity index (χ1v) is 5.23. The van der Waals surface area contributed by atoms with Crippen LogP contribution in [0.15, 0.2) is 24.3 Å². The molecule has 0 saturated heterocycles. The van der Waals surface area contributed by atoms with Gasteiger partial charge in [0.05, 0.1) is 5.69 Å². The minimum absolute atomic E-state index is 0.0882. The lowest BCUT2D eigenvalue weighted by Gasteiger charge is -2.07. The molecule has 1 rings (SSSR count). The predicted molar refractivity (Wildman–Crippen MR) is 59.9 cm³/mol. The van der Waals surface area contributed by atoms with Gasteiger partial charge in [0.2, 0.25) is 0 Å². The summed E-state index contributed by atoms with van der Waals surface area (Å²) < 4.78 is 0. The SMILES string of the molecule is CC(C)SC(=O)Nc1ccccc1O. The maximum absolute atomic E-state index is 11.3. The van der Waals surface area contributed by atoms with Gasteiger partial charge in [0.1, 0.15) is 5.75 Å². The first-order valence-electron chi connectivity index (χ1n) is 4.35. The van der Waals surface area contributed by atoms with Gasteiger partial charge in [-0.2, -0.15) is 0 Å². The van der Waals surface area contributed by atoms with E-state index in [0.717, 1.165) is 0 Å². The van der Waals surface area contributed by atoms with Crippen molar-refractivity contribution in [2.24, 2.45) is 0 Å². The molecular weight excluding hydrogens is 198 g/mol. The van der Waals surface area contributed by atoms with Gasteiger partial charge >= 0.3 is 0 Å². The van der Waals surface area contributed by atoms with Crippen LogP contribution < -0.4 is 5.32 Å². The number of rotatable bonds is 2. The molecule has 76 valence electrons. The zero-order valence-electron chi connectivity index (χ0n) is 8.15. The average Bonchev–Trinajstić information content (AvgIpc) is 2.07. The van der Waals surface area contributed by atoms with E-state index in [4.69, 9.17) is 0 Å². The van der Waals surface area contributed by atoms with Gasteiger partial charge in [0.15, 0.2) is 0 Å². The summed E-state index contributed by atoms with van der Waals surface area (Å²) in [5.41, 5.74) is 0.450. The molecule has 1 amide bonds. The van der Waals surface area contributed by atoms with E-state index in [9.17, 15) is 9.90 Å². The van der Waals surface area contributed by atoms with Crippen LogP contribution in [-0.2, 0) is 0 Å². The molecule has 0 spiro atoms. The molecule has 1 aromatic carbocycles. The van der Waals surface area contributed by atoms with Crippen molar-refractivity contribution in [2.75, 3.05) is 5.32 Å². The lowest BCUT2D eigenvalue weighted by molar-refractivity contribution is 0.269. The molecule has 2 N–H and O–H groups in total.